The maximum Gasteiger partial charge on any atom is 0.349 e. The largest absolute Gasteiger partial charge is 0.507 e. The van der Waals surface area contributed by atoms with Gasteiger partial charge in [-0.25, -0.2) is 4.79 Å². The number of phenolic OH excluding ortho intramolecular Hbond substituents is 1. The average Bonchev–Trinajstić information content (AvgIpc) is 2.54. The summed E-state index contributed by atoms with van der Waals surface area (Å²) >= 11 is 0. The Hall–Kier alpha value is -2.62. The van der Waals surface area contributed by atoms with Gasteiger partial charge in [-0.1, -0.05) is 50.2 Å². The Morgan fingerprint density at radius 1 is 1.00 bits per heavy atom. The molecule has 0 unspecified atom stereocenters. The molecule has 1 atom stereocenters. The molecule has 2 aromatic carbocycles. The number of esters is 2. The van der Waals surface area contributed by atoms with Crippen molar-refractivity contribution < 1.29 is 19.4 Å². The molecule has 0 aliphatic heterocycles. The Balaban J connectivity index is 2.04. The van der Waals surface area contributed by atoms with E-state index in [0.717, 1.165) is 12.0 Å². The van der Waals surface area contributed by atoms with Crippen LogP contribution in [0.3, 0.4) is 0 Å². The number of hydrogen-bond acceptors (Lipinski definition) is 4. The normalized spacial score (nSPS) is 12.0. The van der Waals surface area contributed by atoms with Crippen molar-refractivity contribution in [2.75, 3.05) is 0 Å². The summed E-state index contributed by atoms with van der Waals surface area (Å²) in [6.07, 6.45) is 0.977. The highest BCUT2D eigenvalue weighted by molar-refractivity contribution is 6.00. The lowest BCUT2D eigenvalue weighted by atomic mass is 9.97. The molecule has 2 rings (SSSR count). The lowest BCUT2D eigenvalue weighted by molar-refractivity contribution is -0.139. The van der Waals surface area contributed by atoms with Crippen molar-refractivity contribution in [3.8, 4) is 5.75 Å². The fraction of sp³-hybridized carbons (Fsp3) is 0.300. The van der Waals surface area contributed by atoms with Crippen LogP contribution in [0, 0.1) is 5.92 Å². The minimum Gasteiger partial charge on any atom is -0.507 e. The van der Waals surface area contributed by atoms with E-state index in [1.54, 1.807) is 19.1 Å². The van der Waals surface area contributed by atoms with Crippen LogP contribution in [0.25, 0.3) is 0 Å². The zero-order valence-corrected chi connectivity index (χ0v) is 14.2. The minimum atomic E-state index is -0.846. The molecular weight excluding hydrogens is 304 g/mol. The van der Waals surface area contributed by atoms with E-state index in [0.29, 0.717) is 5.92 Å². The third-order valence-corrected chi connectivity index (χ3v) is 3.79. The van der Waals surface area contributed by atoms with E-state index >= 15 is 0 Å². The van der Waals surface area contributed by atoms with Gasteiger partial charge in [0.2, 0.25) is 0 Å². The predicted molar refractivity (Wildman–Crippen MR) is 91.9 cm³/mol. The van der Waals surface area contributed by atoms with Crippen LogP contribution in [-0.4, -0.2) is 17.0 Å². The SMILES string of the molecule is CC(C)Cc1ccc([C@H](C)C(=O)OC(=O)c2ccccc2O)cc1. The van der Waals surface area contributed by atoms with E-state index in [1.165, 1.54) is 17.7 Å². The topological polar surface area (TPSA) is 63.6 Å². The number of carbonyl (C=O) groups excluding carboxylic acids is 2. The van der Waals surface area contributed by atoms with Gasteiger partial charge in [0.1, 0.15) is 11.3 Å². The maximum atomic E-state index is 12.2. The first-order valence-electron chi connectivity index (χ1n) is 8.01. The van der Waals surface area contributed by atoms with Gasteiger partial charge in [0.15, 0.2) is 0 Å². The molecule has 0 amide bonds. The number of phenols is 1. The Morgan fingerprint density at radius 3 is 2.21 bits per heavy atom. The fourth-order valence-electron chi connectivity index (χ4n) is 2.43. The molecule has 0 bridgehead atoms. The van der Waals surface area contributed by atoms with Crippen molar-refractivity contribution in [1.29, 1.82) is 0 Å². The lowest BCUT2D eigenvalue weighted by Gasteiger charge is -2.12. The second kappa shape index (κ2) is 7.77. The molecule has 2 aromatic rings. The number of hydrogen-bond donors (Lipinski definition) is 1. The molecule has 126 valence electrons. The molecule has 1 N–H and O–H groups in total. The number of para-hydroxylation sites is 1. The predicted octanol–water partition coefficient (Wildman–Crippen LogP) is 4.08. The van der Waals surface area contributed by atoms with Crippen LogP contribution in [-0.2, 0) is 16.0 Å². The quantitative estimate of drug-likeness (QED) is 0.664. The highest BCUT2D eigenvalue weighted by Crippen LogP contribution is 2.21. The number of rotatable bonds is 5. The highest BCUT2D eigenvalue weighted by Gasteiger charge is 2.22. The molecule has 0 aromatic heterocycles. The third-order valence-electron chi connectivity index (χ3n) is 3.79. The summed E-state index contributed by atoms with van der Waals surface area (Å²) in [4.78, 5) is 24.2. The van der Waals surface area contributed by atoms with E-state index in [2.05, 4.69) is 13.8 Å². The summed E-state index contributed by atoms with van der Waals surface area (Å²) in [5.41, 5.74) is 1.97. The van der Waals surface area contributed by atoms with Crippen LogP contribution in [0.2, 0.25) is 0 Å². The van der Waals surface area contributed by atoms with Crippen LogP contribution < -0.4 is 0 Å². The summed E-state index contributed by atoms with van der Waals surface area (Å²) in [6.45, 7) is 5.99. The maximum absolute atomic E-state index is 12.2. The summed E-state index contributed by atoms with van der Waals surface area (Å²) in [5.74, 6) is -1.69. The molecule has 0 heterocycles. The van der Waals surface area contributed by atoms with Crippen molar-refractivity contribution in [2.45, 2.75) is 33.1 Å². The van der Waals surface area contributed by atoms with Gasteiger partial charge in [0, 0.05) is 0 Å². The van der Waals surface area contributed by atoms with Crippen molar-refractivity contribution >= 4 is 11.9 Å². The van der Waals surface area contributed by atoms with Gasteiger partial charge in [0.05, 0.1) is 5.92 Å². The first-order chi connectivity index (χ1) is 11.4. The number of carbonyl (C=O) groups is 2. The number of ether oxygens (including phenoxy) is 1. The van der Waals surface area contributed by atoms with Gasteiger partial charge in [-0.15, -0.1) is 0 Å². The van der Waals surface area contributed by atoms with Crippen molar-refractivity contribution in [3.05, 3.63) is 65.2 Å². The van der Waals surface area contributed by atoms with E-state index in [1.807, 2.05) is 24.3 Å². The molecule has 0 saturated carbocycles. The molecular formula is C20H22O4. The van der Waals surface area contributed by atoms with E-state index in [-0.39, 0.29) is 11.3 Å². The molecule has 24 heavy (non-hydrogen) atoms. The summed E-state index contributed by atoms with van der Waals surface area (Å²) < 4.78 is 4.89. The average molecular weight is 326 g/mol. The first-order valence-corrected chi connectivity index (χ1v) is 8.01. The van der Waals surface area contributed by atoms with Crippen LogP contribution in [0.5, 0.6) is 5.75 Å². The highest BCUT2D eigenvalue weighted by atomic mass is 16.6. The van der Waals surface area contributed by atoms with Crippen LogP contribution in [0.15, 0.2) is 48.5 Å². The molecule has 4 heteroatoms. The number of aromatic hydroxyl groups is 1. The van der Waals surface area contributed by atoms with E-state index < -0.39 is 17.9 Å². The summed E-state index contributed by atoms with van der Waals surface area (Å²) in [6, 6.07) is 13.7. The van der Waals surface area contributed by atoms with Gasteiger partial charge < -0.3 is 9.84 Å². The van der Waals surface area contributed by atoms with Crippen molar-refractivity contribution in [3.63, 3.8) is 0 Å². The summed E-state index contributed by atoms with van der Waals surface area (Å²) in [5, 5.41) is 9.64. The minimum absolute atomic E-state index is 0.0228. The monoisotopic (exact) mass is 326 g/mol. The smallest absolute Gasteiger partial charge is 0.349 e. The lowest BCUT2D eigenvalue weighted by Crippen LogP contribution is -2.18. The van der Waals surface area contributed by atoms with Crippen molar-refractivity contribution in [1.82, 2.24) is 0 Å². The first kappa shape index (κ1) is 17.7. The van der Waals surface area contributed by atoms with Crippen LogP contribution in [0.4, 0.5) is 0 Å². The molecule has 0 fully saturated rings. The second-order valence-corrected chi connectivity index (χ2v) is 6.29. The zero-order chi connectivity index (χ0) is 17.7. The Labute approximate surface area is 142 Å². The van der Waals surface area contributed by atoms with E-state index in [4.69, 9.17) is 4.74 Å². The molecule has 0 spiro atoms. The number of benzene rings is 2. The second-order valence-electron chi connectivity index (χ2n) is 6.29. The fourth-order valence-corrected chi connectivity index (χ4v) is 2.43. The Kier molecular flexibility index (Phi) is 5.74. The van der Waals surface area contributed by atoms with Gasteiger partial charge in [-0.2, -0.15) is 0 Å². The van der Waals surface area contributed by atoms with Gasteiger partial charge >= 0.3 is 11.9 Å². The molecule has 0 saturated heterocycles. The summed E-state index contributed by atoms with van der Waals surface area (Å²) in [7, 11) is 0. The van der Waals surface area contributed by atoms with Crippen molar-refractivity contribution in [2.24, 2.45) is 5.92 Å². The standard InChI is InChI=1S/C20H22O4/c1-13(2)12-15-8-10-16(11-9-15)14(3)19(22)24-20(23)17-6-4-5-7-18(17)21/h4-11,13-14,21H,12H2,1-3H3/t14-/m0/s1. The van der Waals surface area contributed by atoms with Crippen LogP contribution in [0.1, 0.15) is 48.2 Å². The molecule has 4 nitrogen and oxygen atoms in total. The van der Waals surface area contributed by atoms with Gasteiger partial charge in [0.25, 0.3) is 0 Å². The molecule has 0 aliphatic rings. The van der Waals surface area contributed by atoms with Gasteiger partial charge in [-0.3, -0.25) is 4.79 Å². The van der Waals surface area contributed by atoms with Crippen LogP contribution >= 0.6 is 0 Å². The molecule has 0 radical (unpaired) electrons. The zero-order valence-electron chi connectivity index (χ0n) is 14.2. The third kappa shape index (κ3) is 4.44. The Bertz CT molecular complexity index is 717. The Morgan fingerprint density at radius 2 is 1.62 bits per heavy atom. The van der Waals surface area contributed by atoms with E-state index in [9.17, 15) is 14.7 Å². The van der Waals surface area contributed by atoms with Gasteiger partial charge in [-0.05, 0) is 42.5 Å². The molecule has 0 aliphatic carbocycles.